The van der Waals surface area contributed by atoms with E-state index in [9.17, 15) is 18.0 Å². The summed E-state index contributed by atoms with van der Waals surface area (Å²) in [5.41, 5.74) is -0.693. The Labute approximate surface area is 228 Å². The predicted octanol–water partition coefficient (Wildman–Crippen LogP) is 5.63. The molecule has 3 heterocycles. The van der Waals surface area contributed by atoms with E-state index in [0.29, 0.717) is 31.6 Å². The van der Waals surface area contributed by atoms with E-state index in [1.54, 1.807) is 41.3 Å². The molecule has 40 heavy (non-hydrogen) atoms. The maximum absolute atomic E-state index is 14.8. The Morgan fingerprint density at radius 1 is 1.15 bits per heavy atom. The van der Waals surface area contributed by atoms with Crippen molar-refractivity contribution in [1.82, 2.24) is 20.5 Å². The molecular formula is C28H27F3N6O3. The van der Waals surface area contributed by atoms with Crippen LogP contribution in [0.5, 0.6) is 11.5 Å². The van der Waals surface area contributed by atoms with Crippen LogP contribution in [0.4, 0.5) is 24.5 Å². The van der Waals surface area contributed by atoms with Gasteiger partial charge in [0.05, 0.1) is 29.3 Å². The van der Waals surface area contributed by atoms with E-state index in [4.69, 9.17) is 9.15 Å². The number of oxazole rings is 1. The second-order valence-corrected chi connectivity index (χ2v) is 9.38. The number of anilines is 2. The van der Waals surface area contributed by atoms with Crippen molar-refractivity contribution in [3.8, 4) is 23.0 Å². The lowest BCUT2D eigenvalue weighted by Gasteiger charge is -2.37. The quantitative estimate of drug-likeness (QED) is 0.290. The first-order valence-corrected chi connectivity index (χ1v) is 12.7. The van der Waals surface area contributed by atoms with Crippen LogP contribution in [-0.2, 0) is 6.18 Å². The first kappa shape index (κ1) is 27.1. The standard InChI is InChI=1S/C28H27F3N6O3/c1-32-14-18-6-5-13-37(16-18)25-21(35-26(38)22-17-39-27(36-22)19-11-12-33-34-15-19)9-10-23(24(25)28(29,30)31)40-20-7-3-2-4-8-20/h2-4,7-12,15,17-18,32H,5-6,13-14,16H2,1H3,(H,35,38)/t18-/m0/s1. The Bertz CT molecular complexity index is 1440. The van der Waals surface area contributed by atoms with Gasteiger partial charge >= 0.3 is 6.18 Å². The number of aromatic nitrogens is 3. The van der Waals surface area contributed by atoms with Gasteiger partial charge in [-0.15, -0.1) is 0 Å². The van der Waals surface area contributed by atoms with Crippen molar-refractivity contribution in [3.63, 3.8) is 0 Å². The molecule has 0 unspecified atom stereocenters. The van der Waals surface area contributed by atoms with Crippen LogP contribution in [0.15, 0.2) is 71.6 Å². The number of carbonyl (C=O) groups excluding carboxylic acids is 1. The second kappa shape index (κ2) is 11.7. The molecule has 0 bridgehead atoms. The van der Waals surface area contributed by atoms with Crippen LogP contribution in [0.1, 0.15) is 28.9 Å². The molecule has 0 saturated carbocycles. The van der Waals surface area contributed by atoms with Crippen molar-refractivity contribution in [2.75, 3.05) is 36.9 Å². The number of carbonyl (C=O) groups is 1. The Morgan fingerprint density at radius 3 is 2.70 bits per heavy atom. The number of benzene rings is 2. The summed E-state index contributed by atoms with van der Waals surface area (Å²) >= 11 is 0. The first-order valence-electron chi connectivity index (χ1n) is 12.7. The number of para-hydroxylation sites is 1. The molecule has 0 radical (unpaired) electrons. The zero-order valence-electron chi connectivity index (χ0n) is 21.6. The van der Waals surface area contributed by atoms with Gasteiger partial charge < -0.3 is 24.7 Å². The van der Waals surface area contributed by atoms with E-state index in [-0.39, 0.29) is 40.4 Å². The zero-order valence-corrected chi connectivity index (χ0v) is 21.6. The fraction of sp³-hybridized carbons (Fsp3) is 0.286. The maximum Gasteiger partial charge on any atom is 0.422 e. The van der Waals surface area contributed by atoms with E-state index in [2.05, 4.69) is 25.8 Å². The smallest absolute Gasteiger partial charge is 0.422 e. The van der Waals surface area contributed by atoms with Gasteiger partial charge in [0.15, 0.2) is 5.69 Å². The predicted molar refractivity (Wildman–Crippen MR) is 142 cm³/mol. The number of amides is 1. The number of nitrogens with zero attached hydrogens (tertiary/aromatic N) is 4. The fourth-order valence-corrected chi connectivity index (χ4v) is 4.81. The topological polar surface area (TPSA) is 105 Å². The average Bonchev–Trinajstić information content (AvgIpc) is 3.45. The van der Waals surface area contributed by atoms with Crippen LogP contribution < -0.4 is 20.3 Å². The molecule has 2 aromatic carbocycles. The molecule has 208 valence electrons. The molecule has 5 rings (SSSR count). The molecule has 0 aliphatic carbocycles. The molecule has 9 nitrogen and oxygen atoms in total. The third kappa shape index (κ3) is 6.07. The molecule has 1 aliphatic heterocycles. The monoisotopic (exact) mass is 552 g/mol. The Morgan fingerprint density at radius 2 is 1.98 bits per heavy atom. The number of hydrogen-bond donors (Lipinski definition) is 2. The molecule has 1 fully saturated rings. The van der Waals surface area contributed by atoms with E-state index in [0.717, 1.165) is 12.7 Å². The summed E-state index contributed by atoms with van der Waals surface area (Å²) in [6, 6.07) is 12.5. The molecule has 1 amide bonds. The zero-order chi connectivity index (χ0) is 28.1. The van der Waals surface area contributed by atoms with Gasteiger partial charge in [-0.3, -0.25) is 4.79 Å². The van der Waals surface area contributed by atoms with Crippen LogP contribution in [0.3, 0.4) is 0 Å². The van der Waals surface area contributed by atoms with Crippen molar-refractivity contribution in [2.24, 2.45) is 5.92 Å². The highest BCUT2D eigenvalue weighted by Crippen LogP contribution is 2.48. The van der Waals surface area contributed by atoms with Crippen molar-refractivity contribution < 1.29 is 27.1 Å². The van der Waals surface area contributed by atoms with Crippen LogP contribution in [0.2, 0.25) is 0 Å². The third-order valence-corrected chi connectivity index (χ3v) is 6.54. The minimum Gasteiger partial charge on any atom is -0.457 e. The molecule has 1 aliphatic rings. The molecular weight excluding hydrogens is 525 g/mol. The van der Waals surface area contributed by atoms with E-state index in [1.807, 2.05) is 7.05 Å². The number of nitrogens with one attached hydrogen (secondary N) is 2. The van der Waals surface area contributed by atoms with Crippen LogP contribution in [0.25, 0.3) is 11.5 Å². The summed E-state index contributed by atoms with van der Waals surface area (Å²) < 4.78 is 55.5. The highest BCUT2D eigenvalue weighted by atomic mass is 19.4. The normalized spacial score (nSPS) is 15.6. The number of hydrogen-bond acceptors (Lipinski definition) is 8. The van der Waals surface area contributed by atoms with Gasteiger partial charge in [-0.2, -0.15) is 23.4 Å². The van der Waals surface area contributed by atoms with Crippen molar-refractivity contribution in [1.29, 1.82) is 0 Å². The van der Waals surface area contributed by atoms with Crippen molar-refractivity contribution >= 4 is 17.3 Å². The van der Waals surface area contributed by atoms with Gasteiger partial charge in [-0.25, -0.2) is 4.98 Å². The number of alkyl halides is 3. The minimum atomic E-state index is -4.77. The summed E-state index contributed by atoms with van der Waals surface area (Å²) in [7, 11) is 1.81. The number of piperidine rings is 1. The first-order chi connectivity index (χ1) is 19.3. The fourth-order valence-electron chi connectivity index (χ4n) is 4.81. The lowest BCUT2D eigenvalue weighted by Crippen LogP contribution is -2.40. The average molecular weight is 553 g/mol. The molecule has 1 atom stereocenters. The number of ether oxygens (including phenoxy) is 1. The molecule has 2 N–H and O–H groups in total. The van der Waals surface area contributed by atoms with Gasteiger partial charge in [0.1, 0.15) is 23.3 Å². The van der Waals surface area contributed by atoms with Crippen LogP contribution in [-0.4, -0.2) is 47.8 Å². The van der Waals surface area contributed by atoms with E-state index in [1.165, 1.54) is 24.5 Å². The summed E-state index contributed by atoms with van der Waals surface area (Å²) in [5, 5.41) is 13.2. The SMILES string of the molecule is CNC[C@@H]1CCCN(c2c(NC(=O)c3coc(-c4ccnnc4)n3)ccc(Oc3ccccc3)c2C(F)(F)F)C1. The molecule has 1 saturated heterocycles. The van der Waals surface area contributed by atoms with Crippen molar-refractivity contribution in [3.05, 3.63) is 78.4 Å². The Balaban J connectivity index is 1.54. The van der Waals surface area contributed by atoms with Crippen molar-refractivity contribution in [2.45, 2.75) is 19.0 Å². The summed E-state index contributed by atoms with van der Waals surface area (Å²) in [6.45, 7) is 1.43. The summed E-state index contributed by atoms with van der Waals surface area (Å²) in [5.74, 6) is -0.533. The van der Waals surface area contributed by atoms with Crippen LogP contribution >= 0.6 is 0 Å². The van der Waals surface area contributed by atoms with Gasteiger partial charge in [0.2, 0.25) is 5.89 Å². The molecule has 12 heteroatoms. The number of halogens is 3. The molecule has 2 aromatic heterocycles. The largest absolute Gasteiger partial charge is 0.457 e. The maximum atomic E-state index is 14.8. The van der Waals surface area contributed by atoms with E-state index < -0.39 is 17.6 Å². The van der Waals surface area contributed by atoms with Gasteiger partial charge in [-0.05, 0) is 62.7 Å². The summed E-state index contributed by atoms with van der Waals surface area (Å²) in [4.78, 5) is 19.1. The Kier molecular flexibility index (Phi) is 7.96. The second-order valence-electron chi connectivity index (χ2n) is 9.38. The van der Waals surface area contributed by atoms with Gasteiger partial charge in [-0.1, -0.05) is 18.2 Å². The molecule has 4 aromatic rings. The Hall–Kier alpha value is -4.45. The minimum absolute atomic E-state index is 0.00188. The molecule has 0 spiro atoms. The van der Waals surface area contributed by atoms with Gasteiger partial charge in [0.25, 0.3) is 5.91 Å². The lowest BCUT2D eigenvalue weighted by molar-refractivity contribution is -0.138. The van der Waals surface area contributed by atoms with E-state index >= 15 is 0 Å². The van der Waals surface area contributed by atoms with Crippen LogP contribution in [0, 0.1) is 5.92 Å². The number of rotatable bonds is 8. The third-order valence-electron chi connectivity index (χ3n) is 6.54. The van der Waals surface area contributed by atoms with Gasteiger partial charge in [0, 0.05) is 13.1 Å². The lowest BCUT2D eigenvalue weighted by atomic mass is 9.96. The highest BCUT2D eigenvalue weighted by molar-refractivity contribution is 6.05. The highest BCUT2D eigenvalue weighted by Gasteiger charge is 2.41. The summed E-state index contributed by atoms with van der Waals surface area (Å²) in [6.07, 6.45) is 0.825.